The maximum Gasteiger partial charge on any atom is 0.197 e. The lowest BCUT2D eigenvalue weighted by atomic mass is 10.0. The van der Waals surface area contributed by atoms with Crippen LogP contribution in [0.1, 0.15) is 21.6 Å². The first-order valence-electron chi connectivity index (χ1n) is 7.83. The number of para-hydroxylation sites is 1. The zero-order valence-electron chi connectivity index (χ0n) is 14.1. The zero-order chi connectivity index (χ0) is 19.0. The molecule has 0 aliphatic rings. The maximum atomic E-state index is 13.3. The molecule has 1 heterocycles. The zero-order valence-corrected chi connectivity index (χ0v) is 17.1. The third kappa shape index (κ3) is 3.23. The van der Waals surface area contributed by atoms with Gasteiger partial charge in [0.25, 0.3) is 0 Å². The summed E-state index contributed by atoms with van der Waals surface area (Å²) in [5.74, 6) is -0.250. The Morgan fingerprint density at radius 1 is 1.08 bits per heavy atom. The summed E-state index contributed by atoms with van der Waals surface area (Å²) >= 11 is 24.5. The van der Waals surface area contributed by atoms with E-state index in [-0.39, 0.29) is 31.4 Å². The van der Waals surface area contributed by atoms with E-state index < -0.39 is 0 Å². The van der Waals surface area contributed by atoms with Gasteiger partial charge in [-0.2, -0.15) is 0 Å². The first kappa shape index (κ1) is 19.5. The quantitative estimate of drug-likeness (QED) is 0.265. The molecule has 0 aliphatic carbocycles. The van der Waals surface area contributed by atoms with Gasteiger partial charge in [-0.1, -0.05) is 64.6 Å². The second-order valence-electron chi connectivity index (χ2n) is 5.80. The van der Waals surface area contributed by atoms with E-state index >= 15 is 0 Å². The topological polar surface area (TPSA) is 31.2 Å². The lowest BCUT2D eigenvalue weighted by molar-refractivity contribution is 0.103. The highest BCUT2D eigenvalue weighted by atomic mass is 35.5. The van der Waals surface area contributed by atoms with E-state index in [1.165, 1.54) is 6.07 Å². The second kappa shape index (κ2) is 7.79. The standard InChI is InChI=1S/C19H15Cl4NO2/c1-10-15(11-5-3-4-6-14(11)24(10)7-8-26-2)19(25)12-9-13(20)17(22)18(23)16(12)21/h3-6,9H,7-8H2,1-2H3. The maximum absolute atomic E-state index is 13.3. The fraction of sp³-hybridized carbons (Fsp3) is 0.211. The molecule has 3 aromatic rings. The summed E-state index contributed by atoms with van der Waals surface area (Å²) in [4.78, 5) is 13.3. The molecule has 3 nitrogen and oxygen atoms in total. The number of halogens is 4. The molecule has 0 unspecified atom stereocenters. The van der Waals surface area contributed by atoms with Gasteiger partial charge in [-0.25, -0.2) is 0 Å². The van der Waals surface area contributed by atoms with Crippen LogP contribution >= 0.6 is 46.4 Å². The second-order valence-corrected chi connectivity index (χ2v) is 7.34. The van der Waals surface area contributed by atoms with Crippen molar-refractivity contribution in [1.29, 1.82) is 0 Å². The third-order valence-corrected chi connectivity index (χ3v) is 6.08. The van der Waals surface area contributed by atoms with Gasteiger partial charge in [-0.05, 0) is 19.1 Å². The third-order valence-electron chi connectivity index (χ3n) is 4.32. The number of fused-ring (bicyclic) bond motifs is 1. The van der Waals surface area contributed by atoms with Gasteiger partial charge in [-0.3, -0.25) is 4.79 Å². The molecule has 0 radical (unpaired) electrons. The van der Waals surface area contributed by atoms with Gasteiger partial charge in [-0.15, -0.1) is 0 Å². The van der Waals surface area contributed by atoms with Gasteiger partial charge in [0.2, 0.25) is 0 Å². The van der Waals surface area contributed by atoms with Crippen molar-refractivity contribution in [2.24, 2.45) is 0 Å². The molecule has 3 rings (SSSR count). The van der Waals surface area contributed by atoms with Crippen LogP contribution in [-0.4, -0.2) is 24.1 Å². The van der Waals surface area contributed by atoms with E-state index in [0.717, 1.165) is 16.6 Å². The Bertz CT molecular complexity index is 1010. The van der Waals surface area contributed by atoms with E-state index in [1.54, 1.807) is 7.11 Å². The molecule has 26 heavy (non-hydrogen) atoms. The summed E-state index contributed by atoms with van der Waals surface area (Å²) in [5, 5.41) is 1.33. The summed E-state index contributed by atoms with van der Waals surface area (Å²) in [6.45, 7) is 3.06. The number of aromatic nitrogens is 1. The minimum atomic E-state index is -0.250. The van der Waals surface area contributed by atoms with Crippen LogP contribution in [0.25, 0.3) is 10.9 Å². The van der Waals surface area contributed by atoms with Crippen LogP contribution < -0.4 is 0 Å². The van der Waals surface area contributed by atoms with Crippen LogP contribution in [0, 0.1) is 6.92 Å². The smallest absolute Gasteiger partial charge is 0.197 e. The molecule has 7 heteroatoms. The number of benzene rings is 2. The molecule has 0 spiro atoms. The molecule has 0 atom stereocenters. The Hall–Kier alpha value is -1.23. The van der Waals surface area contributed by atoms with Crippen LogP contribution in [0.3, 0.4) is 0 Å². The Balaban J connectivity index is 2.23. The summed E-state index contributed by atoms with van der Waals surface area (Å²) in [6.07, 6.45) is 0. The summed E-state index contributed by atoms with van der Waals surface area (Å²) < 4.78 is 7.25. The molecule has 0 bridgehead atoms. The Labute approximate surface area is 171 Å². The van der Waals surface area contributed by atoms with E-state index in [1.807, 2.05) is 31.2 Å². The summed E-state index contributed by atoms with van der Waals surface area (Å²) in [6, 6.07) is 9.16. The largest absolute Gasteiger partial charge is 0.383 e. The highest BCUT2D eigenvalue weighted by Gasteiger charge is 2.25. The van der Waals surface area contributed by atoms with Gasteiger partial charge in [0.15, 0.2) is 5.78 Å². The SMILES string of the molecule is COCCn1c(C)c(C(=O)c2cc(Cl)c(Cl)c(Cl)c2Cl)c2ccccc21. The summed E-state index contributed by atoms with van der Waals surface area (Å²) in [5.41, 5.74) is 2.57. The van der Waals surface area contributed by atoms with Crippen molar-refractivity contribution in [2.75, 3.05) is 13.7 Å². The van der Waals surface area contributed by atoms with Crippen LogP contribution in [0.4, 0.5) is 0 Å². The molecule has 0 saturated carbocycles. The number of hydrogen-bond acceptors (Lipinski definition) is 2. The number of rotatable bonds is 5. The number of hydrogen-bond donors (Lipinski definition) is 0. The van der Waals surface area contributed by atoms with Crippen molar-refractivity contribution >= 4 is 63.1 Å². The molecule has 0 N–H and O–H groups in total. The average molecular weight is 431 g/mol. The number of carbonyl (C=O) groups excluding carboxylic acids is 1. The number of carbonyl (C=O) groups is 1. The molecule has 0 saturated heterocycles. The number of nitrogens with zero attached hydrogens (tertiary/aromatic N) is 1. The predicted octanol–water partition coefficient (Wildman–Crippen LogP) is 6.44. The van der Waals surface area contributed by atoms with Crippen LogP contribution in [0.15, 0.2) is 30.3 Å². The first-order valence-corrected chi connectivity index (χ1v) is 9.34. The van der Waals surface area contributed by atoms with E-state index in [2.05, 4.69) is 4.57 Å². The van der Waals surface area contributed by atoms with Crippen LogP contribution in [0.2, 0.25) is 20.1 Å². The van der Waals surface area contributed by atoms with Crippen molar-refractivity contribution in [3.05, 3.63) is 67.2 Å². The van der Waals surface area contributed by atoms with Crippen molar-refractivity contribution < 1.29 is 9.53 Å². The van der Waals surface area contributed by atoms with E-state index in [0.29, 0.717) is 18.7 Å². The highest BCUT2D eigenvalue weighted by Crippen LogP contribution is 2.40. The van der Waals surface area contributed by atoms with Crippen molar-refractivity contribution in [1.82, 2.24) is 4.57 Å². The van der Waals surface area contributed by atoms with Crippen molar-refractivity contribution in [2.45, 2.75) is 13.5 Å². The Morgan fingerprint density at radius 2 is 1.77 bits per heavy atom. The minimum Gasteiger partial charge on any atom is -0.383 e. The normalized spacial score (nSPS) is 11.3. The molecule has 136 valence electrons. The van der Waals surface area contributed by atoms with Gasteiger partial charge in [0, 0.05) is 35.8 Å². The highest BCUT2D eigenvalue weighted by molar-refractivity contribution is 6.53. The van der Waals surface area contributed by atoms with Gasteiger partial charge < -0.3 is 9.30 Å². The number of ketones is 1. The van der Waals surface area contributed by atoms with Crippen LogP contribution in [-0.2, 0) is 11.3 Å². The van der Waals surface area contributed by atoms with Crippen molar-refractivity contribution in [3.8, 4) is 0 Å². The lowest BCUT2D eigenvalue weighted by Gasteiger charge is -2.10. The minimum absolute atomic E-state index is 0.0740. The van der Waals surface area contributed by atoms with Crippen LogP contribution in [0.5, 0.6) is 0 Å². The first-order chi connectivity index (χ1) is 12.4. The molecular weight excluding hydrogens is 416 g/mol. The van der Waals surface area contributed by atoms with Gasteiger partial charge in [0.05, 0.1) is 32.3 Å². The average Bonchev–Trinajstić information content (AvgIpc) is 2.92. The fourth-order valence-electron chi connectivity index (χ4n) is 3.06. The van der Waals surface area contributed by atoms with Crippen molar-refractivity contribution in [3.63, 3.8) is 0 Å². The number of ether oxygens (including phenoxy) is 1. The fourth-order valence-corrected chi connectivity index (χ4v) is 3.95. The van der Waals surface area contributed by atoms with Gasteiger partial charge >= 0.3 is 0 Å². The molecule has 0 fully saturated rings. The summed E-state index contributed by atoms with van der Waals surface area (Å²) in [7, 11) is 1.64. The predicted molar refractivity (Wildman–Crippen MR) is 108 cm³/mol. The molecule has 2 aromatic carbocycles. The number of methoxy groups -OCH3 is 1. The molecule has 0 aliphatic heterocycles. The monoisotopic (exact) mass is 429 g/mol. The van der Waals surface area contributed by atoms with Gasteiger partial charge in [0.1, 0.15) is 0 Å². The van der Waals surface area contributed by atoms with E-state index in [4.69, 9.17) is 51.1 Å². The molecular formula is C19H15Cl4NO2. The Kier molecular flexibility index (Phi) is 5.85. The van der Waals surface area contributed by atoms with E-state index in [9.17, 15) is 4.79 Å². The Morgan fingerprint density at radius 3 is 2.46 bits per heavy atom. The molecule has 1 aromatic heterocycles. The lowest BCUT2D eigenvalue weighted by Crippen LogP contribution is -2.09. The molecule has 0 amide bonds.